The fourth-order valence-corrected chi connectivity index (χ4v) is 4.09. The van der Waals surface area contributed by atoms with Crippen LogP contribution in [-0.2, 0) is 4.74 Å². The Labute approximate surface area is 66.4 Å². The first-order valence-electron chi connectivity index (χ1n) is 4.61. The van der Waals surface area contributed by atoms with Gasteiger partial charge in [0, 0.05) is 10.8 Å². The van der Waals surface area contributed by atoms with E-state index in [1.165, 1.54) is 25.7 Å². The Morgan fingerprint density at radius 2 is 1.27 bits per heavy atom. The molecule has 0 N–H and O–H groups in total. The zero-order valence-corrected chi connectivity index (χ0v) is 6.65. The number of allylic oxidation sites excluding steroid dienone is 2. The summed E-state index contributed by atoms with van der Waals surface area (Å²) in [6.07, 6.45) is 5.62. The molecule has 4 aliphatic carbocycles. The van der Waals surface area contributed by atoms with Crippen LogP contribution in [0.5, 0.6) is 0 Å². The van der Waals surface area contributed by atoms with Crippen LogP contribution < -0.4 is 0 Å². The van der Waals surface area contributed by atoms with Crippen LogP contribution in [0.15, 0.2) is 11.1 Å². The van der Waals surface area contributed by atoms with E-state index in [-0.39, 0.29) is 0 Å². The maximum absolute atomic E-state index is 5.65. The lowest BCUT2D eigenvalue weighted by molar-refractivity contribution is 0.154. The molecule has 1 aliphatic heterocycles. The van der Waals surface area contributed by atoms with Gasteiger partial charge in [-0.25, -0.2) is 0 Å². The minimum absolute atomic E-state index is 0.637. The summed E-state index contributed by atoms with van der Waals surface area (Å²) in [6.45, 7) is 2.14. The first kappa shape index (κ1) is 5.36. The van der Waals surface area contributed by atoms with Crippen LogP contribution in [-0.4, -0.2) is 13.2 Å². The molecule has 0 amide bonds. The van der Waals surface area contributed by atoms with Gasteiger partial charge in [-0.1, -0.05) is 11.1 Å². The van der Waals surface area contributed by atoms with Crippen molar-refractivity contribution in [3.63, 3.8) is 0 Å². The average molecular weight is 148 g/mol. The highest BCUT2D eigenvalue weighted by atomic mass is 16.5. The van der Waals surface area contributed by atoms with Crippen molar-refractivity contribution in [1.29, 1.82) is 0 Å². The molecule has 0 aromatic heterocycles. The first-order valence-corrected chi connectivity index (χ1v) is 4.61. The van der Waals surface area contributed by atoms with Crippen molar-refractivity contribution in [2.75, 3.05) is 13.2 Å². The summed E-state index contributed by atoms with van der Waals surface area (Å²) in [6, 6.07) is 0. The molecule has 3 fully saturated rings. The van der Waals surface area contributed by atoms with Crippen LogP contribution in [0.4, 0.5) is 0 Å². The number of rotatable bonds is 0. The van der Waals surface area contributed by atoms with E-state index in [0.29, 0.717) is 10.8 Å². The number of hydrogen-bond donors (Lipinski definition) is 0. The lowest BCUT2D eigenvalue weighted by Gasteiger charge is -2.29. The Balaban J connectivity index is 2.04. The van der Waals surface area contributed by atoms with Crippen LogP contribution in [0.2, 0.25) is 0 Å². The maximum Gasteiger partial charge on any atom is 0.0535 e. The highest BCUT2D eigenvalue weighted by Gasteiger charge is 2.68. The Kier molecular flexibility index (Phi) is 0.587. The second kappa shape index (κ2) is 1.20. The quantitative estimate of drug-likeness (QED) is 0.477. The third kappa shape index (κ3) is 0.347. The van der Waals surface area contributed by atoms with E-state index in [1.807, 2.05) is 11.1 Å². The molecule has 4 bridgehead atoms. The Morgan fingerprint density at radius 1 is 0.818 bits per heavy atom. The van der Waals surface area contributed by atoms with Crippen molar-refractivity contribution in [2.45, 2.75) is 25.7 Å². The van der Waals surface area contributed by atoms with Crippen LogP contribution in [0.25, 0.3) is 0 Å². The molecular weight excluding hydrogens is 136 g/mol. The molecule has 0 atom stereocenters. The predicted molar refractivity (Wildman–Crippen MR) is 41.2 cm³/mol. The zero-order chi connectivity index (χ0) is 7.10. The molecule has 0 unspecified atom stereocenters. The van der Waals surface area contributed by atoms with Gasteiger partial charge in [0.25, 0.3) is 0 Å². The zero-order valence-electron chi connectivity index (χ0n) is 6.65. The summed E-state index contributed by atoms with van der Waals surface area (Å²) < 4.78 is 5.65. The van der Waals surface area contributed by atoms with Gasteiger partial charge in [0.2, 0.25) is 0 Å². The monoisotopic (exact) mass is 148 g/mol. The second-order valence-electron chi connectivity index (χ2n) is 4.97. The molecule has 1 heterocycles. The summed E-state index contributed by atoms with van der Waals surface area (Å²) in [4.78, 5) is 0. The van der Waals surface area contributed by atoms with E-state index < -0.39 is 0 Å². The lowest BCUT2D eigenvalue weighted by Crippen LogP contribution is -2.30. The Morgan fingerprint density at radius 3 is 1.73 bits per heavy atom. The first-order chi connectivity index (χ1) is 5.34. The summed E-state index contributed by atoms with van der Waals surface area (Å²) >= 11 is 0. The molecule has 2 saturated carbocycles. The fraction of sp³-hybridized carbons (Fsp3) is 0.800. The predicted octanol–water partition coefficient (Wildman–Crippen LogP) is 1.89. The van der Waals surface area contributed by atoms with Gasteiger partial charge in [0.1, 0.15) is 0 Å². The fourth-order valence-electron chi connectivity index (χ4n) is 4.09. The van der Waals surface area contributed by atoms with Crippen LogP contribution in [0.3, 0.4) is 0 Å². The molecule has 58 valence electrons. The summed E-state index contributed by atoms with van der Waals surface area (Å²) in [5, 5.41) is 0. The smallest absolute Gasteiger partial charge is 0.0535 e. The third-order valence-corrected chi connectivity index (χ3v) is 4.59. The number of ether oxygens (including phenoxy) is 1. The molecular formula is C10H12O. The van der Waals surface area contributed by atoms with Crippen molar-refractivity contribution in [2.24, 2.45) is 10.8 Å². The van der Waals surface area contributed by atoms with Crippen molar-refractivity contribution in [3.05, 3.63) is 11.1 Å². The van der Waals surface area contributed by atoms with Gasteiger partial charge in [-0.3, -0.25) is 0 Å². The summed E-state index contributed by atoms with van der Waals surface area (Å²) in [7, 11) is 0. The van der Waals surface area contributed by atoms with Crippen LogP contribution in [0, 0.1) is 10.8 Å². The normalized spacial score (nSPS) is 56.7. The highest BCUT2D eigenvalue weighted by molar-refractivity contribution is 5.44. The largest absolute Gasteiger partial charge is 0.380 e. The van der Waals surface area contributed by atoms with Crippen molar-refractivity contribution in [3.8, 4) is 0 Å². The highest BCUT2D eigenvalue weighted by Crippen LogP contribution is 2.75. The van der Waals surface area contributed by atoms with Gasteiger partial charge in [-0.15, -0.1) is 0 Å². The molecule has 0 radical (unpaired) electrons. The van der Waals surface area contributed by atoms with E-state index >= 15 is 0 Å². The summed E-state index contributed by atoms with van der Waals surface area (Å²) in [5.41, 5.74) is 4.93. The molecule has 1 saturated heterocycles. The van der Waals surface area contributed by atoms with Crippen LogP contribution in [0.1, 0.15) is 25.7 Å². The standard InChI is InChI=1S/C10H12O/c1-7-2-10-4-8(7)3-9(1,10)5-11-6-10/h1-6H2. The Hall–Kier alpha value is -0.300. The van der Waals surface area contributed by atoms with Gasteiger partial charge >= 0.3 is 0 Å². The van der Waals surface area contributed by atoms with Gasteiger partial charge in [-0.05, 0) is 25.7 Å². The van der Waals surface area contributed by atoms with Gasteiger partial charge in [0.15, 0.2) is 0 Å². The maximum atomic E-state index is 5.65. The molecule has 5 rings (SSSR count). The third-order valence-electron chi connectivity index (χ3n) is 4.59. The average Bonchev–Trinajstić information content (AvgIpc) is 2.48. The second-order valence-corrected chi connectivity index (χ2v) is 4.97. The minimum Gasteiger partial charge on any atom is -0.380 e. The molecule has 0 aromatic carbocycles. The molecule has 5 aliphatic rings. The lowest BCUT2D eigenvalue weighted by atomic mass is 9.71. The molecule has 11 heavy (non-hydrogen) atoms. The number of hydrogen-bond acceptors (Lipinski definition) is 1. The topological polar surface area (TPSA) is 9.23 Å². The van der Waals surface area contributed by atoms with Gasteiger partial charge in [-0.2, -0.15) is 0 Å². The minimum atomic E-state index is 0.637. The van der Waals surface area contributed by atoms with E-state index in [4.69, 9.17) is 4.74 Å². The summed E-state index contributed by atoms with van der Waals surface area (Å²) in [5.74, 6) is 0. The Bertz CT molecular complexity index is 243. The van der Waals surface area contributed by atoms with Gasteiger partial charge in [0.05, 0.1) is 13.2 Å². The van der Waals surface area contributed by atoms with Crippen molar-refractivity contribution >= 4 is 0 Å². The van der Waals surface area contributed by atoms with Crippen molar-refractivity contribution in [1.82, 2.24) is 0 Å². The van der Waals surface area contributed by atoms with Crippen molar-refractivity contribution < 1.29 is 4.74 Å². The van der Waals surface area contributed by atoms with E-state index in [2.05, 4.69) is 0 Å². The molecule has 1 heteroatoms. The molecule has 2 spiro atoms. The van der Waals surface area contributed by atoms with E-state index in [0.717, 1.165) is 13.2 Å². The van der Waals surface area contributed by atoms with E-state index in [9.17, 15) is 0 Å². The molecule has 0 aromatic rings. The van der Waals surface area contributed by atoms with Crippen LogP contribution >= 0.6 is 0 Å². The molecule has 1 nitrogen and oxygen atoms in total. The SMILES string of the molecule is C1OCC23CC4=C(CC12C4)C3. The van der Waals surface area contributed by atoms with Gasteiger partial charge < -0.3 is 4.74 Å². The van der Waals surface area contributed by atoms with E-state index in [1.54, 1.807) is 0 Å².